The molecule has 0 aromatic rings. The van der Waals surface area contributed by atoms with Gasteiger partial charge in [-0.05, 0) is 45.1 Å². The molecule has 2 amide bonds. The lowest BCUT2D eigenvalue weighted by Gasteiger charge is -2.25. The van der Waals surface area contributed by atoms with E-state index in [4.69, 9.17) is 5.11 Å². The number of hydrogen-bond acceptors (Lipinski definition) is 4. The van der Waals surface area contributed by atoms with Gasteiger partial charge in [0.05, 0.1) is 5.92 Å². The SMILES string of the molecule is CC[C@@H](/C=N\NC(=O)NCC1CCC(C(=O)O)CC1)NC. The molecule has 7 heteroatoms. The minimum Gasteiger partial charge on any atom is -0.481 e. The second-order valence-electron chi connectivity index (χ2n) is 5.46. The maximum Gasteiger partial charge on any atom is 0.335 e. The Bertz CT molecular complexity index is 361. The van der Waals surface area contributed by atoms with Crippen LogP contribution in [0.25, 0.3) is 0 Å². The fourth-order valence-electron chi connectivity index (χ4n) is 2.46. The second-order valence-corrected chi connectivity index (χ2v) is 5.46. The zero-order valence-corrected chi connectivity index (χ0v) is 12.8. The minimum absolute atomic E-state index is 0.150. The highest BCUT2D eigenvalue weighted by Crippen LogP contribution is 2.28. The first-order valence-electron chi connectivity index (χ1n) is 7.53. The molecule has 21 heavy (non-hydrogen) atoms. The summed E-state index contributed by atoms with van der Waals surface area (Å²) in [6.07, 6.45) is 5.65. The van der Waals surface area contributed by atoms with Gasteiger partial charge in [0.2, 0.25) is 0 Å². The summed E-state index contributed by atoms with van der Waals surface area (Å²) in [5.41, 5.74) is 2.43. The van der Waals surface area contributed by atoms with E-state index in [1.54, 1.807) is 6.21 Å². The fourth-order valence-corrected chi connectivity index (χ4v) is 2.46. The molecule has 1 rings (SSSR count). The normalized spacial score (nSPS) is 23.7. The smallest absolute Gasteiger partial charge is 0.335 e. The Morgan fingerprint density at radius 2 is 2.00 bits per heavy atom. The maximum atomic E-state index is 11.6. The number of carbonyl (C=O) groups is 2. The molecule has 0 radical (unpaired) electrons. The van der Waals surface area contributed by atoms with Crippen LogP contribution in [0.5, 0.6) is 0 Å². The van der Waals surface area contributed by atoms with Crippen molar-refractivity contribution >= 4 is 18.2 Å². The highest BCUT2D eigenvalue weighted by molar-refractivity contribution is 5.75. The van der Waals surface area contributed by atoms with Gasteiger partial charge in [-0.15, -0.1) is 0 Å². The van der Waals surface area contributed by atoms with Gasteiger partial charge in [-0.1, -0.05) is 6.92 Å². The van der Waals surface area contributed by atoms with Gasteiger partial charge in [-0.2, -0.15) is 5.10 Å². The summed E-state index contributed by atoms with van der Waals surface area (Å²) < 4.78 is 0. The highest BCUT2D eigenvalue weighted by atomic mass is 16.4. The van der Waals surface area contributed by atoms with Crippen LogP contribution in [-0.2, 0) is 4.79 Å². The van der Waals surface area contributed by atoms with Crippen molar-refractivity contribution in [1.82, 2.24) is 16.1 Å². The first-order chi connectivity index (χ1) is 10.1. The summed E-state index contributed by atoms with van der Waals surface area (Å²) in [4.78, 5) is 22.4. The summed E-state index contributed by atoms with van der Waals surface area (Å²) in [6.45, 7) is 2.59. The number of carboxylic acids is 1. The Morgan fingerprint density at radius 3 is 2.52 bits per heavy atom. The van der Waals surface area contributed by atoms with E-state index in [1.165, 1.54) is 0 Å². The molecular weight excluding hydrogens is 272 g/mol. The van der Waals surface area contributed by atoms with Crippen molar-refractivity contribution in [3.05, 3.63) is 0 Å². The van der Waals surface area contributed by atoms with E-state index >= 15 is 0 Å². The van der Waals surface area contributed by atoms with Crippen LogP contribution in [0, 0.1) is 11.8 Å². The van der Waals surface area contributed by atoms with Crippen LogP contribution in [0.15, 0.2) is 5.10 Å². The molecule has 1 aliphatic carbocycles. The number of nitrogens with one attached hydrogen (secondary N) is 3. The molecule has 1 fully saturated rings. The summed E-state index contributed by atoms with van der Waals surface area (Å²) in [5.74, 6) is -0.563. The Morgan fingerprint density at radius 1 is 1.33 bits per heavy atom. The summed E-state index contributed by atoms with van der Waals surface area (Å²) in [5, 5.41) is 18.6. The lowest BCUT2D eigenvalue weighted by Crippen LogP contribution is -2.37. The molecular formula is C14H26N4O3. The quantitative estimate of drug-likeness (QED) is 0.418. The molecule has 4 N–H and O–H groups in total. The van der Waals surface area contributed by atoms with E-state index in [2.05, 4.69) is 21.2 Å². The van der Waals surface area contributed by atoms with Crippen LogP contribution in [0.4, 0.5) is 4.79 Å². The molecule has 0 spiro atoms. The van der Waals surface area contributed by atoms with E-state index < -0.39 is 5.97 Å². The number of aliphatic carboxylic acids is 1. The summed E-state index contributed by atoms with van der Waals surface area (Å²) >= 11 is 0. The van der Waals surface area contributed by atoms with Crippen molar-refractivity contribution in [2.24, 2.45) is 16.9 Å². The van der Waals surface area contributed by atoms with Gasteiger partial charge in [0.15, 0.2) is 0 Å². The monoisotopic (exact) mass is 298 g/mol. The van der Waals surface area contributed by atoms with Crippen LogP contribution >= 0.6 is 0 Å². The van der Waals surface area contributed by atoms with Gasteiger partial charge in [0.25, 0.3) is 0 Å². The van der Waals surface area contributed by atoms with Gasteiger partial charge in [0, 0.05) is 18.8 Å². The number of nitrogens with zero attached hydrogens (tertiary/aromatic N) is 1. The first kappa shape index (κ1) is 17.4. The molecule has 0 bridgehead atoms. The average molecular weight is 298 g/mol. The van der Waals surface area contributed by atoms with E-state index in [9.17, 15) is 9.59 Å². The molecule has 0 unspecified atom stereocenters. The van der Waals surface area contributed by atoms with E-state index in [1.807, 2.05) is 14.0 Å². The number of rotatable bonds is 7. The van der Waals surface area contributed by atoms with Crippen molar-refractivity contribution in [1.29, 1.82) is 0 Å². The Hall–Kier alpha value is -1.63. The molecule has 0 aromatic heterocycles. The summed E-state index contributed by atoms with van der Waals surface area (Å²) in [7, 11) is 1.84. The molecule has 0 heterocycles. The van der Waals surface area contributed by atoms with Crippen LogP contribution in [0.2, 0.25) is 0 Å². The standard InChI is InChI=1S/C14H26N4O3/c1-3-12(15-2)9-17-18-14(21)16-8-10-4-6-11(7-5-10)13(19)20/h9-12,15H,3-8H2,1-2H3,(H,19,20)(H2,16,18,21)/b17-9-/t10?,11?,12-/m0/s1. The molecule has 0 saturated heterocycles. The molecule has 0 aliphatic heterocycles. The van der Waals surface area contributed by atoms with Crippen LogP contribution < -0.4 is 16.1 Å². The largest absolute Gasteiger partial charge is 0.481 e. The molecule has 0 aromatic carbocycles. The average Bonchev–Trinajstić information content (AvgIpc) is 2.50. The van der Waals surface area contributed by atoms with Gasteiger partial charge in [-0.3, -0.25) is 4.79 Å². The van der Waals surface area contributed by atoms with Crippen molar-refractivity contribution in [3.63, 3.8) is 0 Å². The maximum absolute atomic E-state index is 11.6. The minimum atomic E-state index is -0.705. The predicted octanol–water partition coefficient (Wildman–Crippen LogP) is 1.16. The summed E-state index contributed by atoms with van der Waals surface area (Å²) in [6, 6.07) is -0.172. The zero-order valence-electron chi connectivity index (χ0n) is 12.8. The second kappa shape index (κ2) is 9.33. The van der Waals surface area contributed by atoms with Crippen molar-refractivity contribution in [2.75, 3.05) is 13.6 Å². The Balaban J connectivity index is 2.18. The highest BCUT2D eigenvalue weighted by Gasteiger charge is 2.25. The lowest BCUT2D eigenvalue weighted by molar-refractivity contribution is -0.143. The Kier molecular flexibility index (Phi) is 7.74. The van der Waals surface area contributed by atoms with Gasteiger partial charge >= 0.3 is 12.0 Å². The molecule has 1 saturated carbocycles. The molecule has 1 aliphatic rings. The van der Waals surface area contributed by atoms with E-state index in [-0.39, 0.29) is 18.0 Å². The number of carboxylic acid groups (broad SMARTS) is 1. The van der Waals surface area contributed by atoms with Crippen molar-refractivity contribution in [2.45, 2.75) is 45.1 Å². The van der Waals surface area contributed by atoms with Gasteiger partial charge in [0.1, 0.15) is 0 Å². The first-order valence-corrected chi connectivity index (χ1v) is 7.53. The van der Waals surface area contributed by atoms with Crippen LogP contribution in [-0.4, -0.2) is 43.0 Å². The zero-order chi connectivity index (χ0) is 15.7. The lowest BCUT2D eigenvalue weighted by atomic mass is 9.82. The van der Waals surface area contributed by atoms with Crippen molar-refractivity contribution < 1.29 is 14.7 Å². The number of carbonyl (C=O) groups excluding carboxylic acids is 1. The number of amides is 2. The third-order valence-electron chi connectivity index (χ3n) is 3.98. The van der Waals surface area contributed by atoms with E-state index in [0.717, 1.165) is 19.3 Å². The van der Waals surface area contributed by atoms with Crippen LogP contribution in [0.3, 0.4) is 0 Å². The molecule has 7 nitrogen and oxygen atoms in total. The van der Waals surface area contributed by atoms with Gasteiger partial charge in [-0.25, -0.2) is 10.2 Å². The number of urea groups is 1. The Labute approximate surface area is 125 Å². The van der Waals surface area contributed by atoms with Crippen LogP contribution in [0.1, 0.15) is 39.0 Å². The predicted molar refractivity (Wildman–Crippen MR) is 81.2 cm³/mol. The molecule has 1 atom stereocenters. The number of hydrazone groups is 1. The third-order valence-corrected chi connectivity index (χ3v) is 3.98. The molecule has 120 valence electrons. The third kappa shape index (κ3) is 6.57. The fraction of sp³-hybridized carbons (Fsp3) is 0.786. The van der Waals surface area contributed by atoms with E-state index in [0.29, 0.717) is 25.3 Å². The topological polar surface area (TPSA) is 103 Å². The number of hydrogen-bond donors (Lipinski definition) is 4. The van der Waals surface area contributed by atoms with Gasteiger partial charge < -0.3 is 15.7 Å². The van der Waals surface area contributed by atoms with Crippen molar-refractivity contribution in [3.8, 4) is 0 Å².